The van der Waals surface area contributed by atoms with Crippen LogP contribution in [0.4, 0.5) is 0 Å². The van der Waals surface area contributed by atoms with Crippen molar-refractivity contribution in [3.05, 3.63) is 41.5 Å². The first kappa shape index (κ1) is 8.52. The number of rotatable bonds is 1. The summed E-state index contributed by atoms with van der Waals surface area (Å²) >= 11 is 0. The Morgan fingerprint density at radius 2 is 1.92 bits per heavy atom. The quantitative estimate of drug-likeness (QED) is 0.694. The van der Waals surface area contributed by atoms with Crippen LogP contribution in [0.5, 0.6) is 0 Å². The van der Waals surface area contributed by atoms with Gasteiger partial charge in [-0.3, -0.25) is 0 Å². The van der Waals surface area contributed by atoms with Crippen molar-refractivity contribution < 1.29 is 5.11 Å². The van der Waals surface area contributed by atoms with Gasteiger partial charge in [0.1, 0.15) is 0 Å². The van der Waals surface area contributed by atoms with E-state index in [4.69, 9.17) is 0 Å². The molecule has 1 aliphatic rings. The molecule has 1 heteroatoms. The molecule has 0 bridgehead atoms. The largest absolute Gasteiger partial charge is 0.389 e. The molecule has 0 aliphatic heterocycles. The summed E-state index contributed by atoms with van der Waals surface area (Å²) in [4.78, 5) is 0. The fourth-order valence-electron chi connectivity index (χ4n) is 1.91. The SMILES string of the molecule is CC1=C(c2ccccc2)CCC1O. The first-order valence-electron chi connectivity index (χ1n) is 4.72. The lowest BCUT2D eigenvalue weighted by molar-refractivity contribution is 0.212. The maximum Gasteiger partial charge on any atom is 0.0756 e. The molecule has 0 fully saturated rings. The Morgan fingerprint density at radius 3 is 2.46 bits per heavy atom. The van der Waals surface area contributed by atoms with Gasteiger partial charge in [0, 0.05) is 0 Å². The van der Waals surface area contributed by atoms with Gasteiger partial charge < -0.3 is 5.11 Å². The lowest BCUT2D eigenvalue weighted by Gasteiger charge is -2.04. The highest BCUT2D eigenvalue weighted by atomic mass is 16.3. The fourth-order valence-corrected chi connectivity index (χ4v) is 1.91. The van der Waals surface area contributed by atoms with Crippen LogP contribution in [0.25, 0.3) is 5.57 Å². The number of hydrogen-bond acceptors (Lipinski definition) is 1. The van der Waals surface area contributed by atoms with Gasteiger partial charge in [-0.15, -0.1) is 0 Å². The summed E-state index contributed by atoms with van der Waals surface area (Å²) in [6, 6.07) is 10.3. The van der Waals surface area contributed by atoms with E-state index < -0.39 is 0 Å². The van der Waals surface area contributed by atoms with Crippen LogP contribution in [0.2, 0.25) is 0 Å². The number of aliphatic hydroxyl groups is 1. The summed E-state index contributed by atoms with van der Waals surface area (Å²) in [6.45, 7) is 2.03. The molecule has 1 unspecified atom stereocenters. The highest BCUT2D eigenvalue weighted by molar-refractivity contribution is 5.71. The van der Waals surface area contributed by atoms with Crippen molar-refractivity contribution in [2.75, 3.05) is 0 Å². The Labute approximate surface area is 78.7 Å². The minimum Gasteiger partial charge on any atom is -0.389 e. The number of benzene rings is 1. The Balaban J connectivity index is 2.38. The van der Waals surface area contributed by atoms with Gasteiger partial charge in [-0.2, -0.15) is 0 Å². The summed E-state index contributed by atoms with van der Waals surface area (Å²) in [5.74, 6) is 0. The Kier molecular flexibility index (Phi) is 2.19. The van der Waals surface area contributed by atoms with Crippen LogP contribution in [0.3, 0.4) is 0 Å². The molecule has 1 aromatic carbocycles. The van der Waals surface area contributed by atoms with Crippen molar-refractivity contribution >= 4 is 5.57 Å². The number of aliphatic hydroxyl groups excluding tert-OH is 1. The van der Waals surface area contributed by atoms with Gasteiger partial charge in [0.15, 0.2) is 0 Å². The van der Waals surface area contributed by atoms with Crippen molar-refractivity contribution in [3.8, 4) is 0 Å². The molecule has 0 spiro atoms. The Hall–Kier alpha value is -1.08. The summed E-state index contributed by atoms with van der Waals surface area (Å²) < 4.78 is 0. The first-order valence-corrected chi connectivity index (χ1v) is 4.72. The zero-order valence-corrected chi connectivity index (χ0v) is 7.83. The monoisotopic (exact) mass is 174 g/mol. The first-order chi connectivity index (χ1) is 6.29. The second kappa shape index (κ2) is 3.35. The van der Waals surface area contributed by atoms with Crippen LogP contribution in [-0.4, -0.2) is 11.2 Å². The van der Waals surface area contributed by atoms with Gasteiger partial charge in [0.2, 0.25) is 0 Å². The molecule has 0 amide bonds. The molecule has 1 aliphatic carbocycles. The third kappa shape index (κ3) is 1.52. The van der Waals surface area contributed by atoms with Gasteiger partial charge in [0.05, 0.1) is 6.10 Å². The second-order valence-electron chi connectivity index (χ2n) is 3.58. The maximum absolute atomic E-state index is 9.57. The smallest absolute Gasteiger partial charge is 0.0756 e. The van der Waals surface area contributed by atoms with Gasteiger partial charge in [-0.1, -0.05) is 30.3 Å². The fraction of sp³-hybridized carbons (Fsp3) is 0.333. The number of allylic oxidation sites excluding steroid dienone is 1. The lowest BCUT2D eigenvalue weighted by atomic mass is 10.0. The molecule has 0 saturated heterocycles. The van der Waals surface area contributed by atoms with Crippen LogP contribution in [0.15, 0.2) is 35.9 Å². The van der Waals surface area contributed by atoms with E-state index in [0.717, 1.165) is 18.4 Å². The Bertz CT molecular complexity index is 324. The van der Waals surface area contributed by atoms with Crippen molar-refractivity contribution in [2.24, 2.45) is 0 Å². The standard InChI is InChI=1S/C12H14O/c1-9-11(7-8-12(9)13)10-5-3-2-4-6-10/h2-6,12-13H,7-8H2,1H3. The zero-order valence-electron chi connectivity index (χ0n) is 7.83. The average molecular weight is 174 g/mol. The minimum absolute atomic E-state index is 0.213. The molecule has 2 rings (SSSR count). The summed E-state index contributed by atoms with van der Waals surface area (Å²) in [6.07, 6.45) is 1.68. The molecule has 1 N–H and O–H groups in total. The van der Waals surface area contributed by atoms with E-state index in [1.807, 2.05) is 25.1 Å². The summed E-state index contributed by atoms with van der Waals surface area (Å²) in [5.41, 5.74) is 3.73. The van der Waals surface area contributed by atoms with Gasteiger partial charge in [0.25, 0.3) is 0 Å². The molecular weight excluding hydrogens is 160 g/mol. The molecule has 0 radical (unpaired) electrons. The predicted octanol–water partition coefficient (Wildman–Crippen LogP) is 2.61. The average Bonchev–Trinajstić information content (AvgIpc) is 2.49. The van der Waals surface area contributed by atoms with E-state index in [0.29, 0.717) is 0 Å². The predicted molar refractivity (Wildman–Crippen MR) is 54.3 cm³/mol. The van der Waals surface area contributed by atoms with Crippen molar-refractivity contribution in [1.29, 1.82) is 0 Å². The van der Waals surface area contributed by atoms with Gasteiger partial charge >= 0.3 is 0 Å². The zero-order chi connectivity index (χ0) is 9.26. The molecule has 1 atom stereocenters. The maximum atomic E-state index is 9.57. The third-order valence-corrected chi connectivity index (χ3v) is 2.77. The molecule has 13 heavy (non-hydrogen) atoms. The van der Waals surface area contributed by atoms with Crippen molar-refractivity contribution in [3.63, 3.8) is 0 Å². The van der Waals surface area contributed by atoms with Crippen LogP contribution < -0.4 is 0 Å². The summed E-state index contributed by atoms with van der Waals surface area (Å²) in [5, 5.41) is 9.57. The molecule has 0 saturated carbocycles. The van der Waals surface area contributed by atoms with Crippen molar-refractivity contribution in [1.82, 2.24) is 0 Å². The van der Waals surface area contributed by atoms with Gasteiger partial charge in [-0.05, 0) is 36.5 Å². The van der Waals surface area contributed by atoms with E-state index in [1.54, 1.807) is 0 Å². The van der Waals surface area contributed by atoms with E-state index >= 15 is 0 Å². The Morgan fingerprint density at radius 1 is 1.23 bits per heavy atom. The van der Waals surface area contributed by atoms with Crippen molar-refractivity contribution in [2.45, 2.75) is 25.9 Å². The van der Waals surface area contributed by atoms with Crippen LogP contribution in [0, 0.1) is 0 Å². The lowest BCUT2D eigenvalue weighted by Crippen LogP contribution is -2.00. The van der Waals surface area contributed by atoms with Crippen LogP contribution >= 0.6 is 0 Å². The molecule has 0 aromatic heterocycles. The van der Waals surface area contributed by atoms with E-state index in [2.05, 4.69) is 12.1 Å². The highest BCUT2D eigenvalue weighted by Crippen LogP contribution is 2.33. The molecular formula is C12H14O. The minimum atomic E-state index is -0.213. The van der Waals surface area contributed by atoms with Crippen LogP contribution in [-0.2, 0) is 0 Å². The normalized spacial score (nSPS) is 22.5. The van der Waals surface area contributed by atoms with E-state index in [1.165, 1.54) is 11.1 Å². The van der Waals surface area contributed by atoms with Gasteiger partial charge in [-0.25, -0.2) is 0 Å². The molecule has 68 valence electrons. The van der Waals surface area contributed by atoms with Crippen LogP contribution in [0.1, 0.15) is 25.3 Å². The number of hydrogen-bond donors (Lipinski definition) is 1. The summed E-state index contributed by atoms with van der Waals surface area (Å²) in [7, 11) is 0. The highest BCUT2D eigenvalue weighted by Gasteiger charge is 2.20. The molecule has 1 aromatic rings. The second-order valence-corrected chi connectivity index (χ2v) is 3.58. The third-order valence-electron chi connectivity index (χ3n) is 2.77. The molecule has 1 nitrogen and oxygen atoms in total. The molecule has 0 heterocycles. The van der Waals surface area contributed by atoms with E-state index in [9.17, 15) is 5.11 Å². The topological polar surface area (TPSA) is 20.2 Å². The van der Waals surface area contributed by atoms with E-state index in [-0.39, 0.29) is 6.10 Å².